The average molecular weight is 361 g/mol. The second-order valence-corrected chi connectivity index (χ2v) is 7.87. The monoisotopic (exact) mass is 360 g/mol. The van der Waals surface area contributed by atoms with Crippen LogP contribution in [0.3, 0.4) is 0 Å². The van der Waals surface area contributed by atoms with Gasteiger partial charge in [0.2, 0.25) is 0 Å². The van der Waals surface area contributed by atoms with E-state index in [-0.39, 0.29) is 11.5 Å². The summed E-state index contributed by atoms with van der Waals surface area (Å²) in [5.74, 6) is 0.866. The van der Waals surface area contributed by atoms with Crippen LogP contribution in [-0.4, -0.2) is 19.7 Å². The fourth-order valence-electron chi connectivity index (χ4n) is 2.43. The molecule has 1 aromatic carbocycles. The highest BCUT2D eigenvalue weighted by atomic mass is 79.9. The molecule has 0 fully saturated rings. The molecule has 0 spiro atoms. The molecule has 5 heteroatoms. The summed E-state index contributed by atoms with van der Waals surface area (Å²) in [6, 6.07) is 8.50. The summed E-state index contributed by atoms with van der Waals surface area (Å²) >= 11 is 3.50. The van der Waals surface area contributed by atoms with Crippen molar-refractivity contribution in [2.75, 3.05) is 0 Å². The molecule has 2 aromatic heterocycles. The van der Waals surface area contributed by atoms with Gasteiger partial charge in [-0.15, -0.1) is 0 Å². The first-order chi connectivity index (χ1) is 10.3. The van der Waals surface area contributed by atoms with E-state index in [0.29, 0.717) is 0 Å². The van der Waals surface area contributed by atoms with Gasteiger partial charge in [0.1, 0.15) is 5.69 Å². The SMILES string of the molecule is CC(C)n1nc(C(C)(C)C)cc1-c1nc2ccc(Br)cc2[nH]1. The maximum atomic E-state index is 4.79. The Balaban J connectivity index is 2.18. The Kier molecular flexibility index (Phi) is 3.63. The molecule has 0 aliphatic carbocycles. The molecule has 0 amide bonds. The van der Waals surface area contributed by atoms with Crippen molar-refractivity contribution >= 4 is 27.0 Å². The average Bonchev–Trinajstić information content (AvgIpc) is 3.00. The van der Waals surface area contributed by atoms with Crippen LogP contribution in [-0.2, 0) is 5.41 Å². The Morgan fingerprint density at radius 2 is 1.91 bits per heavy atom. The number of hydrogen-bond donors (Lipinski definition) is 1. The fourth-order valence-corrected chi connectivity index (χ4v) is 2.80. The molecule has 0 aliphatic rings. The second-order valence-electron chi connectivity index (χ2n) is 6.95. The summed E-state index contributed by atoms with van der Waals surface area (Å²) in [4.78, 5) is 8.14. The molecule has 0 radical (unpaired) electrons. The summed E-state index contributed by atoms with van der Waals surface area (Å²) in [6.45, 7) is 10.8. The Morgan fingerprint density at radius 3 is 2.55 bits per heavy atom. The van der Waals surface area contributed by atoms with E-state index in [9.17, 15) is 0 Å². The third kappa shape index (κ3) is 2.70. The van der Waals surface area contributed by atoms with Crippen LogP contribution in [0.15, 0.2) is 28.7 Å². The molecule has 22 heavy (non-hydrogen) atoms. The van der Waals surface area contributed by atoms with Crippen LogP contribution in [0.5, 0.6) is 0 Å². The van der Waals surface area contributed by atoms with Gasteiger partial charge in [-0.2, -0.15) is 5.10 Å². The highest BCUT2D eigenvalue weighted by Gasteiger charge is 2.22. The van der Waals surface area contributed by atoms with E-state index in [2.05, 4.69) is 61.6 Å². The van der Waals surface area contributed by atoms with Crippen LogP contribution >= 0.6 is 15.9 Å². The molecular formula is C17H21BrN4. The van der Waals surface area contributed by atoms with Gasteiger partial charge in [-0.3, -0.25) is 4.68 Å². The Labute approximate surface area is 139 Å². The summed E-state index contributed by atoms with van der Waals surface area (Å²) < 4.78 is 3.09. The van der Waals surface area contributed by atoms with E-state index < -0.39 is 0 Å². The van der Waals surface area contributed by atoms with Crippen LogP contribution in [0.4, 0.5) is 0 Å². The largest absolute Gasteiger partial charge is 0.337 e. The lowest BCUT2D eigenvalue weighted by Gasteiger charge is -2.14. The molecule has 0 unspecified atom stereocenters. The molecule has 116 valence electrons. The first kappa shape index (κ1) is 15.3. The lowest BCUT2D eigenvalue weighted by atomic mass is 9.92. The van der Waals surface area contributed by atoms with Crippen LogP contribution in [0, 0.1) is 0 Å². The topological polar surface area (TPSA) is 46.5 Å². The molecule has 0 saturated heterocycles. The molecule has 0 aliphatic heterocycles. The summed E-state index contributed by atoms with van der Waals surface area (Å²) in [5.41, 5.74) is 4.12. The van der Waals surface area contributed by atoms with E-state index in [4.69, 9.17) is 10.1 Å². The Bertz CT molecular complexity index is 821. The van der Waals surface area contributed by atoms with Crippen molar-refractivity contribution in [3.63, 3.8) is 0 Å². The van der Waals surface area contributed by atoms with Crippen molar-refractivity contribution in [3.05, 3.63) is 34.4 Å². The molecular weight excluding hydrogens is 340 g/mol. The predicted molar refractivity (Wildman–Crippen MR) is 94.1 cm³/mol. The number of fused-ring (bicyclic) bond motifs is 1. The van der Waals surface area contributed by atoms with Crippen molar-refractivity contribution < 1.29 is 0 Å². The van der Waals surface area contributed by atoms with Crippen LogP contribution in [0.2, 0.25) is 0 Å². The Morgan fingerprint density at radius 1 is 1.18 bits per heavy atom. The van der Waals surface area contributed by atoms with E-state index in [1.807, 2.05) is 22.9 Å². The molecule has 3 aromatic rings. The van der Waals surface area contributed by atoms with Gasteiger partial charge in [0.15, 0.2) is 5.82 Å². The van der Waals surface area contributed by atoms with Crippen molar-refractivity contribution in [1.29, 1.82) is 0 Å². The number of nitrogens with zero attached hydrogens (tertiary/aromatic N) is 3. The predicted octanol–water partition coefficient (Wildman–Crippen LogP) is 5.07. The quantitative estimate of drug-likeness (QED) is 0.693. The molecule has 1 N–H and O–H groups in total. The number of rotatable bonds is 2. The highest BCUT2D eigenvalue weighted by Crippen LogP contribution is 2.29. The van der Waals surface area contributed by atoms with Gasteiger partial charge < -0.3 is 4.98 Å². The van der Waals surface area contributed by atoms with Gasteiger partial charge in [-0.25, -0.2) is 4.98 Å². The lowest BCUT2D eigenvalue weighted by Crippen LogP contribution is -2.13. The van der Waals surface area contributed by atoms with Gasteiger partial charge in [0, 0.05) is 15.9 Å². The summed E-state index contributed by atoms with van der Waals surface area (Å²) in [7, 11) is 0. The van der Waals surface area contributed by atoms with Crippen LogP contribution in [0.25, 0.3) is 22.6 Å². The Hall–Kier alpha value is -1.62. The number of hydrogen-bond acceptors (Lipinski definition) is 2. The van der Waals surface area contributed by atoms with Crippen molar-refractivity contribution in [1.82, 2.24) is 19.7 Å². The minimum absolute atomic E-state index is 0.0178. The molecule has 4 nitrogen and oxygen atoms in total. The number of H-pyrrole nitrogens is 1. The molecule has 0 saturated carbocycles. The van der Waals surface area contributed by atoms with E-state index >= 15 is 0 Å². The molecule has 2 heterocycles. The maximum Gasteiger partial charge on any atom is 0.156 e. The smallest absolute Gasteiger partial charge is 0.156 e. The van der Waals surface area contributed by atoms with Crippen LogP contribution in [0.1, 0.15) is 46.4 Å². The summed E-state index contributed by atoms with van der Waals surface area (Å²) in [5, 5.41) is 4.79. The van der Waals surface area contributed by atoms with Gasteiger partial charge in [-0.1, -0.05) is 36.7 Å². The first-order valence-electron chi connectivity index (χ1n) is 7.51. The van der Waals surface area contributed by atoms with Crippen LogP contribution < -0.4 is 0 Å². The van der Waals surface area contributed by atoms with Crippen molar-refractivity contribution in [3.8, 4) is 11.5 Å². The number of halogens is 1. The van der Waals surface area contributed by atoms with Gasteiger partial charge in [0.05, 0.1) is 16.7 Å². The third-order valence-corrected chi connectivity index (χ3v) is 4.17. The lowest BCUT2D eigenvalue weighted by molar-refractivity contribution is 0.497. The molecule has 0 atom stereocenters. The van der Waals surface area contributed by atoms with Crippen molar-refractivity contribution in [2.24, 2.45) is 0 Å². The van der Waals surface area contributed by atoms with Gasteiger partial charge in [0.25, 0.3) is 0 Å². The standard InChI is InChI=1S/C17H21BrN4/c1-10(2)22-14(9-15(21-22)17(3,4)5)16-19-12-7-6-11(18)8-13(12)20-16/h6-10H,1-5H3,(H,19,20). The minimum Gasteiger partial charge on any atom is -0.337 e. The van der Waals surface area contributed by atoms with Gasteiger partial charge >= 0.3 is 0 Å². The van der Waals surface area contributed by atoms with Gasteiger partial charge in [-0.05, 0) is 38.1 Å². The van der Waals surface area contributed by atoms with E-state index in [1.54, 1.807) is 0 Å². The fraction of sp³-hybridized carbons (Fsp3) is 0.412. The first-order valence-corrected chi connectivity index (χ1v) is 8.30. The van der Waals surface area contributed by atoms with Crippen molar-refractivity contribution in [2.45, 2.75) is 46.1 Å². The zero-order valence-electron chi connectivity index (χ0n) is 13.6. The normalized spacial score (nSPS) is 12.5. The third-order valence-electron chi connectivity index (χ3n) is 3.68. The van der Waals surface area contributed by atoms with E-state index in [0.717, 1.165) is 32.7 Å². The summed E-state index contributed by atoms with van der Waals surface area (Å²) in [6.07, 6.45) is 0. The highest BCUT2D eigenvalue weighted by molar-refractivity contribution is 9.10. The number of aromatic amines is 1. The van der Waals surface area contributed by atoms with E-state index in [1.165, 1.54) is 0 Å². The number of imidazole rings is 1. The number of nitrogens with one attached hydrogen (secondary N) is 1. The zero-order chi connectivity index (χ0) is 16.1. The second kappa shape index (κ2) is 5.23. The molecule has 3 rings (SSSR count). The number of benzene rings is 1. The maximum absolute atomic E-state index is 4.79. The zero-order valence-corrected chi connectivity index (χ0v) is 15.2. The minimum atomic E-state index is 0.0178. The molecule has 0 bridgehead atoms. The number of aromatic nitrogens is 4.